The zero-order valence-electron chi connectivity index (χ0n) is 20.6. The minimum absolute atomic E-state index is 0.170. The van der Waals surface area contributed by atoms with E-state index in [9.17, 15) is 0 Å². The molecular weight excluding hydrogens is 470 g/mol. The lowest BCUT2D eigenvalue weighted by Gasteiger charge is -2.35. The fourth-order valence-corrected chi connectivity index (χ4v) is 7.29. The summed E-state index contributed by atoms with van der Waals surface area (Å²) in [6.07, 6.45) is 1.84. The number of thiophene rings is 1. The zero-order valence-corrected chi connectivity index (χ0v) is 21.4. The van der Waals surface area contributed by atoms with Crippen LogP contribution in [0.1, 0.15) is 25.0 Å². The topological polar surface area (TPSA) is 30.7 Å². The Hall–Kier alpha value is -4.28. The number of para-hydroxylation sites is 1. The van der Waals surface area contributed by atoms with E-state index >= 15 is 0 Å². The normalized spacial score (nSPS) is 13.9. The van der Waals surface area contributed by atoms with Crippen LogP contribution in [0.25, 0.3) is 59.5 Å². The number of aromatic nitrogens is 3. The molecule has 1 aliphatic heterocycles. The van der Waals surface area contributed by atoms with Crippen LogP contribution in [0.3, 0.4) is 0 Å². The standard InChI is InChI=1S/C33H23N3S/c1-33(2)24-12-8-14-26-30(24)36(32(35-26)27-13-5-6-18-34-27)28-17-16-20(19-25(28)33)21-10-7-11-23-22-9-3-4-15-29(22)37-31(21)23/h3-19H,1-2H3. The maximum absolute atomic E-state index is 5.07. The second-order valence-electron chi connectivity index (χ2n) is 10.3. The molecule has 0 amide bonds. The van der Waals surface area contributed by atoms with Crippen molar-refractivity contribution < 1.29 is 0 Å². The molecule has 4 heteroatoms. The lowest BCUT2D eigenvalue weighted by molar-refractivity contribution is 0.629. The van der Waals surface area contributed by atoms with Gasteiger partial charge >= 0.3 is 0 Å². The molecule has 0 saturated heterocycles. The first-order chi connectivity index (χ1) is 18.1. The monoisotopic (exact) mass is 493 g/mol. The third-order valence-corrected chi connectivity index (χ3v) is 9.09. The summed E-state index contributed by atoms with van der Waals surface area (Å²) in [6, 6.07) is 34.9. The number of fused-ring (bicyclic) bond motifs is 5. The first kappa shape index (κ1) is 20.9. The van der Waals surface area contributed by atoms with Crippen LogP contribution in [0.5, 0.6) is 0 Å². The van der Waals surface area contributed by atoms with E-state index in [0.717, 1.165) is 17.0 Å². The molecule has 0 bridgehead atoms. The molecule has 0 saturated carbocycles. The fourth-order valence-electron chi connectivity index (χ4n) is 6.05. The minimum atomic E-state index is -0.170. The van der Waals surface area contributed by atoms with Gasteiger partial charge in [0.05, 0.1) is 16.7 Å². The molecule has 1 aliphatic rings. The van der Waals surface area contributed by atoms with E-state index in [1.807, 2.05) is 35.7 Å². The molecule has 3 aromatic heterocycles. The Morgan fingerprint density at radius 2 is 1.59 bits per heavy atom. The summed E-state index contributed by atoms with van der Waals surface area (Å²) < 4.78 is 4.99. The summed E-state index contributed by atoms with van der Waals surface area (Å²) in [7, 11) is 0. The molecular formula is C33H23N3S. The van der Waals surface area contributed by atoms with Gasteiger partial charge in [0.1, 0.15) is 5.69 Å². The molecule has 0 spiro atoms. The van der Waals surface area contributed by atoms with Gasteiger partial charge in [0.15, 0.2) is 5.82 Å². The van der Waals surface area contributed by atoms with E-state index in [1.54, 1.807) is 0 Å². The number of hydrogen-bond donors (Lipinski definition) is 0. The fraction of sp³-hybridized carbons (Fsp3) is 0.0909. The van der Waals surface area contributed by atoms with Crippen LogP contribution in [-0.2, 0) is 5.41 Å². The molecule has 0 fully saturated rings. The summed E-state index contributed by atoms with van der Waals surface area (Å²) in [4.78, 5) is 9.72. The molecule has 8 rings (SSSR count). The van der Waals surface area contributed by atoms with E-state index in [2.05, 4.69) is 102 Å². The molecule has 4 heterocycles. The molecule has 0 radical (unpaired) electrons. The van der Waals surface area contributed by atoms with Gasteiger partial charge in [-0.3, -0.25) is 9.55 Å². The van der Waals surface area contributed by atoms with Gasteiger partial charge in [-0.1, -0.05) is 74.5 Å². The van der Waals surface area contributed by atoms with Gasteiger partial charge in [-0.15, -0.1) is 11.3 Å². The molecule has 0 N–H and O–H groups in total. The van der Waals surface area contributed by atoms with Gasteiger partial charge in [0.2, 0.25) is 0 Å². The van der Waals surface area contributed by atoms with Crippen molar-refractivity contribution in [2.45, 2.75) is 19.3 Å². The van der Waals surface area contributed by atoms with E-state index < -0.39 is 0 Å². The molecule has 0 aliphatic carbocycles. The van der Waals surface area contributed by atoms with Gasteiger partial charge in [0, 0.05) is 31.8 Å². The Morgan fingerprint density at radius 1 is 0.757 bits per heavy atom. The third-order valence-electron chi connectivity index (χ3n) is 7.87. The van der Waals surface area contributed by atoms with Gasteiger partial charge in [-0.2, -0.15) is 0 Å². The van der Waals surface area contributed by atoms with E-state index in [1.165, 1.54) is 53.6 Å². The van der Waals surface area contributed by atoms with E-state index in [0.29, 0.717) is 0 Å². The lowest BCUT2D eigenvalue weighted by Crippen LogP contribution is -2.26. The van der Waals surface area contributed by atoms with Crippen LogP contribution in [-0.4, -0.2) is 14.5 Å². The average molecular weight is 494 g/mol. The highest BCUT2D eigenvalue weighted by Crippen LogP contribution is 2.48. The van der Waals surface area contributed by atoms with Crippen LogP contribution in [0.4, 0.5) is 0 Å². The van der Waals surface area contributed by atoms with Crippen LogP contribution >= 0.6 is 11.3 Å². The lowest BCUT2D eigenvalue weighted by atomic mass is 9.74. The maximum Gasteiger partial charge on any atom is 0.164 e. The van der Waals surface area contributed by atoms with E-state index in [-0.39, 0.29) is 5.41 Å². The predicted octanol–water partition coefficient (Wildman–Crippen LogP) is 8.76. The first-order valence-electron chi connectivity index (χ1n) is 12.6. The number of hydrogen-bond acceptors (Lipinski definition) is 3. The maximum atomic E-state index is 5.07. The van der Waals surface area contributed by atoms with Crippen molar-refractivity contribution in [1.82, 2.24) is 14.5 Å². The Balaban J connectivity index is 1.42. The largest absolute Gasteiger partial charge is 0.290 e. The van der Waals surface area contributed by atoms with Crippen molar-refractivity contribution >= 4 is 42.5 Å². The van der Waals surface area contributed by atoms with Crippen molar-refractivity contribution in [2.75, 3.05) is 0 Å². The highest BCUT2D eigenvalue weighted by atomic mass is 32.1. The Bertz CT molecular complexity index is 2010. The number of benzene rings is 4. The number of imidazole rings is 1. The van der Waals surface area contributed by atoms with Gasteiger partial charge in [0.25, 0.3) is 0 Å². The molecule has 7 aromatic rings. The van der Waals surface area contributed by atoms with Gasteiger partial charge < -0.3 is 0 Å². The van der Waals surface area contributed by atoms with E-state index in [4.69, 9.17) is 4.98 Å². The van der Waals surface area contributed by atoms with Crippen LogP contribution in [0, 0.1) is 0 Å². The molecule has 0 atom stereocenters. The molecule has 3 nitrogen and oxygen atoms in total. The number of rotatable bonds is 2. The summed E-state index contributed by atoms with van der Waals surface area (Å²) in [5.41, 5.74) is 9.22. The number of pyridine rings is 1. The highest BCUT2D eigenvalue weighted by molar-refractivity contribution is 7.26. The summed E-state index contributed by atoms with van der Waals surface area (Å²) in [5.74, 6) is 0.888. The SMILES string of the molecule is CC1(C)c2cc(-c3cccc4c3sc3ccccc34)ccc2-n2c(-c3ccccn3)nc3cccc1c32. The Labute approximate surface area is 218 Å². The van der Waals surface area contributed by atoms with Crippen LogP contribution < -0.4 is 0 Å². The minimum Gasteiger partial charge on any atom is -0.290 e. The van der Waals surface area contributed by atoms with Gasteiger partial charge in [-0.05, 0) is 58.7 Å². The summed E-state index contributed by atoms with van der Waals surface area (Å²) in [5, 5.41) is 2.66. The van der Waals surface area contributed by atoms with Crippen LogP contribution in [0.2, 0.25) is 0 Å². The molecule has 4 aromatic carbocycles. The van der Waals surface area contributed by atoms with Crippen molar-refractivity contribution in [2.24, 2.45) is 0 Å². The Morgan fingerprint density at radius 3 is 2.49 bits per heavy atom. The quantitative estimate of drug-likeness (QED) is 0.241. The van der Waals surface area contributed by atoms with Crippen molar-refractivity contribution in [3.63, 3.8) is 0 Å². The number of nitrogens with zero attached hydrogens (tertiary/aromatic N) is 3. The molecule has 0 unspecified atom stereocenters. The second-order valence-corrected chi connectivity index (χ2v) is 11.3. The summed E-state index contributed by atoms with van der Waals surface area (Å²) in [6.45, 7) is 4.67. The third kappa shape index (κ3) is 2.82. The van der Waals surface area contributed by atoms with Crippen LogP contribution in [0.15, 0.2) is 103 Å². The van der Waals surface area contributed by atoms with Crippen molar-refractivity contribution in [3.8, 4) is 28.3 Å². The first-order valence-corrected chi connectivity index (χ1v) is 13.4. The predicted molar refractivity (Wildman–Crippen MR) is 155 cm³/mol. The average Bonchev–Trinajstić information content (AvgIpc) is 3.51. The highest BCUT2D eigenvalue weighted by Gasteiger charge is 2.36. The van der Waals surface area contributed by atoms with Gasteiger partial charge in [-0.25, -0.2) is 4.98 Å². The van der Waals surface area contributed by atoms with Crippen molar-refractivity contribution in [3.05, 3.63) is 114 Å². The Kier molecular flexibility index (Phi) is 4.16. The summed E-state index contributed by atoms with van der Waals surface area (Å²) >= 11 is 1.88. The smallest absolute Gasteiger partial charge is 0.164 e. The van der Waals surface area contributed by atoms with Crippen molar-refractivity contribution in [1.29, 1.82) is 0 Å². The second kappa shape index (κ2) is 7.37. The zero-order chi connectivity index (χ0) is 24.7. The molecule has 37 heavy (non-hydrogen) atoms. The molecule has 176 valence electrons.